The standard InChI is InChI=1S/C35H36N2O3S/c1-24-11-6-9-18-30(24)37-34(38)33(41-35(37)36-28-15-4-3-5-16-28)22-25-19-20-31(32(21-25)39-2)40-23-27-14-10-13-26-12-7-8-17-29(26)27/h3-5,7-8,10,12-17,19-22,24,30,35-36H,6,9,11,18,23H2,1-2H3/b33-22-/t24-,30-,35?/m1/s1. The summed E-state index contributed by atoms with van der Waals surface area (Å²) < 4.78 is 11.9. The molecule has 4 aromatic carbocycles. The zero-order valence-corrected chi connectivity index (χ0v) is 24.4. The third-order valence-electron chi connectivity index (χ3n) is 8.17. The second-order valence-electron chi connectivity index (χ2n) is 10.9. The van der Waals surface area contributed by atoms with Gasteiger partial charge in [0.2, 0.25) is 0 Å². The van der Waals surface area contributed by atoms with Crippen LogP contribution in [0.3, 0.4) is 0 Å². The summed E-state index contributed by atoms with van der Waals surface area (Å²) in [7, 11) is 1.65. The smallest absolute Gasteiger partial charge is 0.262 e. The van der Waals surface area contributed by atoms with E-state index in [1.807, 2.05) is 54.6 Å². The number of thioether (sulfide) groups is 1. The van der Waals surface area contributed by atoms with Crippen molar-refractivity contribution in [3.05, 3.63) is 107 Å². The molecule has 1 amide bonds. The van der Waals surface area contributed by atoms with Gasteiger partial charge in [0, 0.05) is 11.7 Å². The largest absolute Gasteiger partial charge is 0.493 e. The first kappa shape index (κ1) is 27.3. The number of fused-ring (bicyclic) bond motifs is 1. The van der Waals surface area contributed by atoms with Crippen LogP contribution in [0, 0.1) is 5.92 Å². The van der Waals surface area contributed by atoms with Crippen molar-refractivity contribution >= 4 is 40.2 Å². The van der Waals surface area contributed by atoms with Gasteiger partial charge in [0.05, 0.1) is 12.0 Å². The third kappa shape index (κ3) is 5.94. The minimum absolute atomic E-state index is 0.0948. The predicted molar refractivity (Wildman–Crippen MR) is 169 cm³/mol. The van der Waals surface area contributed by atoms with Gasteiger partial charge in [-0.2, -0.15) is 0 Å². The average Bonchev–Trinajstić information content (AvgIpc) is 3.30. The van der Waals surface area contributed by atoms with Crippen molar-refractivity contribution in [1.29, 1.82) is 0 Å². The summed E-state index contributed by atoms with van der Waals surface area (Å²) in [5.74, 6) is 1.89. The Labute approximate surface area is 246 Å². The summed E-state index contributed by atoms with van der Waals surface area (Å²) in [5, 5.41) is 5.99. The zero-order chi connectivity index (χ0) is 28.2. The molecule has 210 valence electrons. The lowest BCUT2D eigenvalue weighted by atomic mass is 9.85. The zero-order valence-electron chi connectivity index (χ0n) is 23.6. The van der Waals surface area contributed by atoms with Crippen LogP contribution in [0.5, 0.6) is 11.5 Å². The fraction of sp³-hybridized carbons (Fsp3) is 0.286. The van der Waals surface area contributed by atoms with Gasteiger partial charge in [0.1, 0.15) is 6.61 Å². The Bertz CT molecular complexity index is 1550. The lowest BCUT2D eigenvalue weighted by Gasteiger charge is -2.39. The number of benzene rings is 4. The van der Waals surface area contributed by atoms with Gasteiger partial charge in [-0.15, -0.1) is 0 Å². The molecular weight excluding hydrogens is 528 g/mol. The van der Waals surface area contributed by atoms with Crippen molar-refractivity contribution in [3.8, 4) is 11.5 Å². The van der Waals surface area contributed by atoms with E-state index in [-0.39, 0.29) is 17.4 Å². The highest BCUT2D eigenvalue weighted by atomic mass is 32.2. The fourth-order valence-corrected chi connectivity index (χ4v) is 7.20. The Morgan fingerprint density at radius 2 is 1.71 bits per heavy atom. The first-order chi connectivity index (χ1) is 20.1. The molecule has 1 saturated heterocycles. The number of ether oxygens (including phenoxy) is 2. The van der Waals surface area contributed by atoms with Crippen LogP contribution in [0.4, 0.5) is 5.69 Å². The molecule has 1 unspecified atom stereocenters. The first-order valence-electron chi connectivity index (χ1n) is 14.4. The number of para-hydroxylation sites is 1. The molecule has 4 aromatic rings. The average molecular weight is 565 g/mol. The Morgan fingerprint density at radius 3 is 2.54 bits per heavy atom. The summed E-state index contributed by atoms with van der Waals surface area (Å²) in [6.45, 7) is 2.72. The molecule has 1 heterocycles. The number of hydrogen-bond acceptors (Lipinski definition) is 5. The van der Waals surface area contributed by atoms with E-state index >= 15 is 0 Å². The highest BCUT2D eigenvalue weighted by Crippen LogP contribution is 2.42. The number of carbonyl (C=O) groups is 1. The Morgan fingerprint density at radius 1 is 0.927 bits per heavy atom. The van der Waals surface area contributed by atoms with Crippen LogP contribution in [0.1, 0.15) is 43.7 Å². The summed E-state index contributed by atoms with van der Waals surface area (Å²) in [4.78, 5) is 16.7. The lowest BCUT2D eigenvalue weighted by molar-refractivity contribution is -0.129. The van der Waals surface area contributed by atoms with Crippen molar-refractivity contribution in [2.75, 3.05) is 12.4 Å². The maximum Gasteiger partial charge on any atom is 0.262 e. The maximum atomic E-state index is 13.9. The van der Waals surface area contributed by atoms with Crippen LogP contribution in [0.15, 0.2) is 95.9 Å². The minimum atomic E-state index is -0.146. The van der Waals surface area contributed by atoms with Crippen LogP contribution in [0.25, 0.3) is 16.8 Å². The number of hydrogen-bond donors (Lipinski definition) is 1. The van der Waals surface area contributed by atoms with E-state index in [4.69, 9.17) is 9.47 Å². The van der Waals surface area contributed by atoms with E-state index < -0.39 is 0 Å². The van der Waals surface area contributed by atoms with Crippen LogP contribution >= 0.6 is 11.8 Å². The van der Waals surface area contributed by atoms with Gasteiger partial charge in [0.25, 0.3) is 5.91 Å². The van der Waals surface area contributed by atoms with Gasteiger partial charge in [0.15, 0.2) is 17.0 Å². The van der Waals surface area contributed by atoms with Crippen LogP contribution in [-0.2, 0) is 11.4 Å². The van der Waals surface area contributed by atoms with Crippen LogP contribution in [-0.4, -0.2) is 29.5 Å². The summed E-state index contributed by atoms with van der Waals surface area (Å²) in [6, 6.07) is 30.8. The Balaban J connectivity index is 1.24. The molecule has 0 bridgehead atoms. The number of amides is 1. The van der Waals surface area contributed by atoms with Gasteiger partial charge >= 0.3 is 0 Å². The number of nitrogens with one attached hydrogen (secondary N) is 1. The van der Waals surface area contributed by atoms with Gasteiger partial charge in [-0.1, -0.05) is 98.3 Å². The molecule has 2 fully saturated rings. The molecule has 5 nitrogen and oxygen atoms in total. The summed E-state index contributed by atoms with van der Waals surface area (Å²) in [5.41, 5.74) is 2.90. The molecule has 1 saturated carbocycles. The van der Waals surface area contributed by atoms with Gasteiger partial charge < -0.3 is 19.7 Å². The molecule has 6 rings (SSSR count). The van der Waals surface area contributed by atoms with Crippen molar-refractivity contribution in [3.63, 3.8) is 0 Å². The number of nitrogens with zero attached hydrogens (tertiary/aromatic N) is 1. The molecule has 6 heteroatoms. The van der Waals surface area contributed by atoms with Crippen molar-refractivity contribution in [1.82, 2.24) is 4.90 Å². The Kier molecular flexibility index (Phi) is 8.19. The van der Waals surface area contributed by atoms with Crippen LogP contribution in [0.2, 0.25) is 0 Å². The summed E-state index contributed by atoms with van der Waals surface area (Å²) >= 11 is 1.59. The molecule has 41 heavy (non-hydrogen) atoms. The molecular formula is C35H36N2O3S. The third-order valence-corrected chi connectivity index (χ3v) is 9.29. The quantitative estimate of drug-likeness (QED) is 0.218. The van der Waals surface area contributed by atoms with E-state index in [2.05, 4.69) is 59.6 Å². The number of carbonyl (C=O) groups excluding carboxylic acids is 1. The number of rotatable bonds is 8. The van der Waals surface area contributed by atoms with Gasteiger partial charge in [-0.3, -0.25) is 4.79 Å². The molecule has 0 aromatic heterocycles. The van der Waals surface area contributed by atoms with E-state index in [9.17, 15) is 4.79 Å². The maximum absolute atomic E-state index is 13.9. The first-order valence-corrected chi connectivity index (χ1v) is 15.3. The minimum Gasteiger partial charge on any atom is -0.493 e. The van der Waals surface area contributed by atoms with E-state index in [1.54, 1.807) is 18.9 Å². The topological polar surface area (TPSA) is 50.8 Å². The molecule has 0 spiro atoms. The van der Waals surface area contributed by atoms with E-state index in [1.165, 1.54) is 17.2 Å². The molecule has 2 aliphatic rings. The molecule has 3 atom stereocenters. The monoisotopic (exact) mass is 564 g/mol. The fourth-order valence-electron chi connectivity index (χ4n) is 5.99. The van der Waals surface area contributed by atoms with Crippen molar-refractivity contribution < 1.29 is 14.3 Å². The molecule has 0 radical (unpaired) electrons. The second-order valence-corrected chi connectivity index (χ2v) is 12.0. The Hall–Kier alpha value is -3.90. The summed E-state index contributed by atoms with van der Waals surface area (Å²) in [6.07, 6.45) is 6.59. The SMILES string of the molecule is COc1cc(/C=C2\SC(Nc3ccccc3)N([C@@H]3CCCC[C@H]3C)C2=O)ccc1OCc1cccc2ccccc12. The second kappa shape index (κ2) is 12.3. The van der Waals surface area contributed by atoms with E-state index in [0.29, 0.717) is 24.0 Å². The van der Waals surface area contributed by atoms with Gasteiger partial charge in [-0.25, -0.2) is 0 Å². The molecule has 1 aliphatic heterocycles. The van der Waals surface area contributed by atoms with Crippen LogP contribution < -0.4 is 14.8 Å². The number of anilines is 1. The predicted octanol–water partition coefficient (Wildman–Crippen LogP) is 8.32. The van der Waals surface area contributed by atoms with Gasteiger partial charge in [-0.05, 0) is 71.0 Å². The molecule has 1 aliphatic carbocycles. The van der Waals surface area contributed by atoms with E-state index in [0.717, 1.165) is 41.0 Å². The van der Waals surface area contributed by atoms with Crippen molar-refractivity contribution in [2.24, 2.45) is 5.92 Å². The number of methoxy groups -OCH3 is 1. The highest BCUT2D eigenvalue weighted by molar-refractivity contribution is 8.05. The molecule has 1 N–H and O–H groups in total. The normalized spacial score (nSPS) is 21.8. The van der Waals surface area contributed by atoms with Crippen molar-refractivity contribution in [2.45, 2.75) is 50.8 Å². The lowest BCUT2D eigenvalue weighted by Crippen LogP contribution is -2.48. The highest BCUT2D eigenvalue weighted by Gasteiger charge is 2.42.